The number of nitrogens with one attached hydrogen (secondary N) is 1. The van der Waals surface area contributed by atoms with Gasteiger partial charge in [-0.2, -0.15) is 0 Å². The summed E-state index contributed by atoms with van der Waals surface area (Å²) >= 11 is 0. The van der Waals surface area contributed by atoms with E-state index in [0.29, 0.717) is 18.8 Å². The SMILES string of the molecule is CC(=CC1OCC(NC(=O)c2ccccc2)CO1)c1ccccc1. The van der Waals surface area contributed by atoms with Crippen molar-refractivity contribution >= 4 is 11.5 Å². The van der Waals surface area contributed by atoms with Gasteiger partial charge in [-0.1, -0.05) is 48.5 Å². The first-order chi connectivity index (χ1) is 11.7. The van der Waals surface area contributed by atoms with Crippen LogP contribution in [0.1, 0.15) is 22.8 Å². The van der Waals surface area contributed by atoms with E-state index >= 15 is 0 Å². The maximum Gasteiger partial charge on any atom is 0.251 e. The molecule has 1 fully saturated rings. The molecule has 1 aliphatic heterocycles. The van der Waals surface area contributed by atoms with E-state index in [4.69, 9.17) is 9.47 Å². The van der Waals surface area contributed by atoms with E-state index in [9.17, 15) is 4.79 Å². The fourth-order valence-electron chi connectivity index (χ4n) is 2.56. The van der Waals surface area contributed by atoms with E-state index in [1.54, 1.807) is 12.1 Å². The number of allylic oxidation sites excluding steroid dienone is 1. The fourth-order valence-corrected chi connectivity index (χ4v) is 2.56. The zero-order chi connectivity index (χ0) is 16.8. The molecule has 4 heteroatoms. The molecular formula is C20H21NO3. The number of hydrogen-bond donors (Lipinski definition) is 1. The van der Waals surface area contributed by atoms with Gasteiger partial charge in [-0.25, -0.2) is 0 Å². The van der Waals surface area contributed by atoms with Crippen molar-refractivity contribution in [1.29, 1.82) is 0 Å². The van der Waals surface area contributed by atoms with Crippen LogP contribution in [0.15, 0.2) is 66.7 Å². The molecule has 1 heterocycles. The summed E-state index contributed by atoms with van der Waals surface area (Å²) in [5, 5.41) is 2.93. The zero-order valence-electron chi connectivity index (χ0n) is 13.6. The lowest BCUT2D eigenvalue weighted by molar-refractivity contribution is -0.160. The Balaban J connectivity index is 1.52. The number of rotatable bonds is 4. The van der Waals surface area contributed by atoms with Crippen LogP contribution in [0, 0.1) is 0 Å². The highest BCUT2D eigenvalue weighted by Gasteiger charge is 2.22. The first kappa shape index (κ1) is 16.4. The monoisotopic (exact) mass is 323 g/mol. The minimum absolute atomic E-state index is 0.109. The molecule has 1 N–H and O–H groups in total. The second-order valence-electron chi connectivity index (χ2n) is 5.79. The highest BCUT2D eigenvalue weighted by atomic mass is 16.7. The molecule has 1 aliphatic rings. The topological polar surface area (TPSA) is 47.6 Å². The van der Waals surface area contributed by atoms with Gasteiger partial charge in [-0.05, 0) is 36.3 Å². The van der Waals surface area contributed by atoms with Gasteiger partial charge in [0, 0.05) is 5.56 Å². The summed E-state index contributed by atoms with van der Waals surface area (Å²) in [6.45, 7) is 2.90. The molecule has 4 nitrogen and oxygen atoms in total. The van der Waals surface area contributed by atoms with Crippen LogP contribution >= 0.6 is 0 Å². The van der Waals surface area contributed by atoms with Crippen molar-refractivity contribution in [3.05, 3.63) is 77.9 Å². The second-order valence-corrected chi connectivity index (χ2v) is 5.79. The molecule has 0 aromatic heterocycles. The molecule has 1 amide bonds. The fraction of sp³-hybridized carbons (Fsp3) is 0.250. The third-order valence-electron chi connectivity index (χ3n) is 3.91. The molecule has 0 bridgehead atoms. The van der Waals surface area contributed by atoms with Crippen molar-refractivity contribution in [2.75, 3.05) is 13.2 Å². The number of ether oxygens (including phenoxy) is 2. The third-order valence-corrected chi connectivity index (χ3v) is 3.91. The first-order valence-electron chi connectivity index (χ1n) is 8.05. The largest absolute Gasteiger partial charge is 0.347 e. The van der Waals surface area contributed by atoms with Gasteiger partial charge in [0.15, 0.2) is 6.29 Å². The Labute approximate surface area is 142 Å². The molecular weight excluding hydrogens is 302 g/mol. The summed E-state index contributed by atoms with van der Waals surface area (Å²) in [6, 6.07) is 19.1. The van der Waals surface area contributed by atoms with Crippen LogP contribution in [0.3, 0.4) is 0 Å². The van der Waals surface area contributed by atoms with E-state index in [1.807, 2.05) is 49.4 Å². The van der Waals surface area contributed by atoms with Gasteiger partial charge in [-0.3, -0.25) is 4.79 Å². The number of amides is 1. The lowest BCUT2D eigenvalue weighted by Gasteiger charge is -2.28. The van der Waals surface area contributed by atoms with Crippen molar-refractivity contribution < 1.29 is 14.3 Å². The van der Waals surface area contributed by atoms with Crippen LogP contribution in [0.4, 0.5) is 0 Å². The smallest absolute Gasteiger partial charge is 0.251 e. The molecule has 2 aromatic carbocycles. The number of hydrogen-bond acceptors (Lipinski definition) is 3. The molecule has 124 valence electrons. The van der Waals surface area contributed by atoms with E-state index in [2.05, 4.69) is 17.4 Å². The predicted molar refractivity (Wildman–Crippen MR) is 93.5 cm³/mol. The normalized spacial score (nSPS) is 21.3. The van der Waals surface area contributed by atoms with Crippen molar-refractivity contribution in [2.24, 2.45) is 0 Å². The van der Waals surface area contributed by atoms with Crippen molar-refractivity contribution in [3.63, 3.8) is 0 Å². The Kier molecular flexibility index (Phi) is 5.41. The number of carbonyl (C=O) groups is 1. The van der Waals surface area contributed by atoms with Crippen LogP contribution in [0.5, 0.6) is 0 Å². The molecule has 0 atom stereocenters. The van der Waals surface area contributed by atoms with E-state index in [-0.39, 0.29) is 18.2 Å². The Morgan fingerprint density at radius 1 is 0.958 bits per heavy atom. The van der Waals surface area contributed by atoms with Crippen molar-refractivity contribution in [1.82, 2.24) is 5.32 Å². The molecule has 0 unspecified atom stereocenters. The Bertz CT molecular complexity index is 689. The van der Waals surface area contributed by atoms with Gasteiger partial charge in [-0.15, -0.1) is 0 Å². The molecule has 0 aliphatic carbocycles. The first-order valence-corrected chi connectivity index (χ1v) is 8.05. The van der Waals surface area contributed by atoms with Gasteiger partial charge in [0.05, 0.1) is 19.3 Å². The Hall–Kier alpha value is -2.43. The minimum atomic E-state index is -0.380. The minimum Gasteiger partial charge on any atom is -0.347 e. The van der Waals surface area contributed by atoms with Gasteiger partial charge >= 0.3 is 0 Å². The summed E-state index contributed by atoms with van der Waals surface area (Å²) in [7, 11) is 0. The van der Waals surface area contributed by atoms with Crippen LogP contribution < -0.4 is 5.32 Å². The summed E-state index contributed by atoms with van der Waals surface area (Å²) in [6.07, 6.45) is 1.58. The van der Waals surface area contributed by atoms with Gasteiger partial charge in [0.1, 0.15) is 0 Å². The molecule has 0 radical (unpaired) electrons. The van der Waals surface area contributed by atoms with Crippen LogP contribution in [0.25, 0.3) is 5.57 Å². The predicted octanol–water partition coefficient (Wildman–Crippen LogP) is 3.26. The summed E-state index contributed by atoms with van der Waals surface area (Å²) in [5.74, 6) is -0.109. The van der Waals surface area contributed by atoms with Crippen LogP contribution in [0.2, 0.25) is 0 Å². The summed E-state index contributed by atoms with van der Waals surface area (Å²) in [5.41, 5.74) is 2.89. The summed E-state index contributed by atoms with van der Waals surface area (Å²) < 4.78 is 11.4. The number of benzene rings is 2. The van der Waals surface area contributed by atoms with Crippen LogP contribution in [-0.4, -0.2) is 31.5 Å². The third kappa shape index (κ3) is 4.31. The highest BCUT2D eigenvalue weighted by Crippen LogP contribution is 2.17. The average molecular weight is 323 g/mol. The Morgan fingerprint density at radius 2 is 1.50 bits per heavy atom. The molecule has 0 spiro atoms. The summed E-state index contributed by atoms with van der Waals surface area (Å²) in [4.78, 5) is 12.1. The lowest BCUT2D eigenvalue weighted by atomic mass is 10.1. The lowest BCUT2D eigenvalue weighted by Crippen LogP contribution is -2.46. The van der Waals surface area contributed by atoms with Crippen molar-refractivity contribution in [2.45, 2.75) is 19.3 Å². The van der Waals surface area contributed by atoms with Gasteiger partial charge in [0.2, 0.25) is 0 Å². The molecule has 2 aromatic rings. The quantitative estimate of drug-likeness (QED) is 0.939. The van der Waals surface area contributed by atoms with Crippen molar-refractivity contribution in [3.8, 4) is 0 Å². The molecule has 0 saturated carbocycles. The van der Waals surface area contributed by atoms with E-state index < -0.39 is 0 Å². The average Bonchev–Trinajstić information content (AvgIpc) is 2.65. The molecule has 1 saturated heterocycles. The van der Waals surface area contributed by atoms with Gasteiger partial charge < -0.3 is 14.8 Å². The number of carbonyl (C=O) groups excluding carboxylic acids is 1. The standard InChI is InChI=1S/C20H21NO3/c1-15(16-8-4-2-5-9-16)12-19-23-13-18(14-24-19)21-20(22)17-10-6-3-7-11-17/h2-12,18-19H,13-14H2,1H3,(H,21,22). The maximum atomic E-state index is 12.1. The maximum absolute atomic E-state index is 12.1. The molecule has 24 heavy (non-hydrogen) atoms. The van der Waals surface area contributed by atoms with E-state index in [1.165, 1.54) is 0 Å². The van der Waals surface area contributed by atoms with Gasteiger partial charge in [0.25, 0.3) is 5.91 Å². The second kappa shape index (κ2) is 7.90. The van der Waals surface area contributed by atoms with Crippen LogP contribution in [-0.2, 0) is 9.47 Å². The Morgan fingerprint density at radius 3 is 2.08 bits per heavy atom. The highest BCUT2D eigenvalue weighted by molar-refractivity contribution is 5.94. The van der Waals surface area contributed by atoms with E-state index in [0.717, 1.165) is 11.1 Å². The zero-order valence-corrected chi connectivity index (χ0v) is 13.6. The molecule has 3 rings (SSSR count).